The molecule has 2 rings (SSSR count). The third-order valence-electron chi connectivity index (χ3n) is 3.60. The molecule has 0 N–H and O–H groups in total. The van der Waals surface area contributed by atoms with Crippen molar-refractivity contribution in [3.8, 4) is 0 Å². The lowest BCUT2D eigenvalue weighted by atomic mass is 10.1. The number of unbranched alkanes of at least 4 members (excludes halogenated alkanes) is 1. The third-order valence-corrected chi connectivity index (χ3v) is 3.97. The van der Waals surface area contributed by atoms with Crippen molar-refractivity contribution < 1.29 is 4.79 Å². The predicted octanol–water partition coefficient (Wildman–Crippen LogP) is 3.86. The van der Waals surface area contributed by atoms with E-state index in [0.29, 0.717) is 6.42 Å². The molecule has 0 aliphatic heterocycles. The van der Waals surface area contributed by atoms with Crippen LogP contribution in [0.25, 0.3) is 0 Å². The molecule has 112 valence electrons. The highest BCUT2D eigenvalue weighted by atomic mass is 35.5. The van der Waals surface area contributed by atoms with Crippen molar-refractivity contribution in [3.05, 3.63) is 46.8 Å². The minimum atomic E-state index is 0.162. The minimum absolute atomic E-state index is 0.162. The van der Waals surface area contributed by atoms with Gasteiger partial charge in [0.25, 0.3) is 0 Å². The standard InChI is InChI=1S/C16H20ClN3O/c1-3-20-12(2)19-11-15(20)16(21)7-5-4-6-13-10-18-9-8-14(13)17/h8-11H,3-7H2,1-2H3. The number of aryl methyl sites for hydroxylation is 2. The summed E-state index contributed by atoms with van der Waals surface area (Å²) in [5.41, 5.74) is 1.76. The fourth-order valence-corrected chi connectivity index (χ4v) is 2.61. The van der Waals surface area contributed by atoms with Gasteiger partial charge in [0.15, 0.2) is 5.78 Å². The molecule has 0 bridgehead atoms. The van der Waals surface area contributed by atoms with Crippen molar-refractivity contribution in [2.75, 3.05) is 0 Å². The molecule has 21 heavy (non-hydrogen) atoms. The molecule has 0 fully saturated rings. The summed E-state index contributed by atoms with van der Waals surface area (Å²) in [5, 5.41) is 0.746. The van der Waals surface area contributed by atoms with E-state index in [4.69, 9.17) is 11.6 Å². The second kappa shape index (κ2) is 7.36. The van der Waals surface area contributed by atoms with Crippen molar-refractivity contribution in [3.63, 3.8) is 0 Å². The van der Waals surface area contributed by atoms with Crippen LogP contribution in [-0.2, 0) is 13.0 Å². The molecule has 2 aromatic heterocycles. The van der Waals surface area contributed by atoms with E-state index < -0.39 is 0 Å². The number of ketones is 1. The van der Waals surface area contributed by atoms with Gasteiger partial charge in [0.05, 0.1) is 6.20 Å². The smallest absolute Gasteiger partial charge is 0.180 e. The Morgan fingerprint density at radius 1 is 1.33 bits per heavy atom. The van der Waals surface area contributed by atoms with E-state index in [1.165, 1.54) is 0 Å². The Kier molecular flexibility index (Phi) is 5.51. The van der Waals surface area contributed by atoms with E-state index in [2.05, 4.69) is 9.97 Å². The van der Waals surface area contributed by atoms with Gasteiger partial charge < -0.3 is 4.57 Å². The molecule has 0 spiro atoms. The molecule has 0 radical (unpaired) electrons. The monoisotopic (exact) mass is 305 g/mol. The molecule has 5 heteroatoms. The number of pyridine rings is 1. The van der Waals surface area contributed by atoms with E-state index in [1.807, 2.05) is 18.4 Å². The topological polar surface area (TPSA) is 47.8 Å². The normalized spacial score (nSPS) is 10.8. The first-order valence-corrected chi connectivity index (χ1v) is 7.65. The van der Waals surface area contributed by atoms with E-state index in [9.17, 15) is 4.79 Å². The maximum absolute atomic E-state index is 12.2. The molecule has 0 amide bonds. The number of hydrogen-bond donors (Lipinski definition) is 0. The molecule has 4 nitrogen and oxygen atoms in total. The Morgan fingerprint density at radius 3 is 2.86 bits per heavy atom. The number of rotatable bonds is 7. The zero-order chi connectivity index (χ0) is 15.2. The van der Waals surface area contributed by atoms with Crippen molar-refractivity contribution in [1.82, 2.24) is 14.5 Å². The number of aromatic nitrogens is 3. The second-order valence-corrected chi connectivity index (χ2v) is 5.44. The van der Waals surface area contributed by atoms with Gasteiger partial charge in [0.1, 0.15) is 11.5 Å². The van der Waals surface area contributed by atoms with Crippen molar-refractivity contribution in [2.24, 2.45) is 0 Å². The van der Waals surface area contributed by atoms with Crippen molar-refractivity contribution in [2.45, 2.75) is 46.1 Å². The number of Topliss-reactive ketones (excluding diaryl/α,β-unsaturated/α-hetero) is 1. The van der Waals surface area contributed by atoms with Gasteiger partial charge in [-0.1, -0.05) is 11.6 Å². The van der Waals surface area contributed by atoms with E-state index in [-0.39, 0.29) is 5.78 Å². The Bertz CT molecular complexity index is 622. The molecule has 0 aliphatic carbocycles. The van der Waals surface area contributed by atoms with Crippen LogP contribution in [0.15, 0.2) is 24.7 Å². The first-order chi connectivity index (χ1) is 10.1. The van der Waals surface area contributed by atoms with Gasteiger partial charge in [-0.05, 0) is 44.7 Å². The SMILES string of the molecule is CCn1c(C(=O)CCCCc2cnccc2Cl)cnc1C. The van der Waals surface area contributed by atoms with Gasteiger partial charge in [0, 0.05) is 30.4 Å². The number of halogens is 1. The Morgan fingerprint density at radius 2 is 2.14 bits per heavy atom. The summed E-state index contributed by atoms with van der Waals surface area (Å²) in [6, 6.07) is 1.80. The summed E-state index contributed by atoms with van der Waals surface area (Å²) in [6.07, 6.45) is 8.33. The van der Waals surface area contributed by atoms with Crippen LogP contribution in [0.1, 0.15) is 48.1 Å². The van der Waals surface area contributed by atoms with E-state index >= 15 is 0 Å². The Labute approximate surface area is 130 Å². The van der Waals surface area contributed by atoms with Crippen LogP contribution < -0.4 is 0 Å². The van der Waals surface area contributed by atoms with E-state index in [1.54, 1.807) is 24.7 Å². The van der Waals surface area contributed by atoms with Gasteiger partial charge in [-0.2, -0.15) is 0 Å². The zero-order valence-electron chi connectivity index (χ0n) is 12.5. The lowest BCUT2D eigenvalue weighted by Gasteiger charge is -2.06. The molecule has 2 heterocycles. The van der Waals surface area contributed by atoms with Crippen LogP contribution in [0.2, 0.25) is 5.02 Å². The summed E-state index contributed by atoms with van der Waals surface area (Å²) in [6.45, 7) is 4.72. The lowest BCUT2D eigenvalue weighted by molar-refractivity contribution is 0.0970. The quantitative estimate of drug-likeness (QED) is 0.576. The number of nitrogens with zero attached hydrogens (tertiary/aromatic N) is 3. The van der Waals surface area contributed by atoms with Crippen molar-refractivity contribution >= 4 is 17.4 Å². The van der Waals surface area contributed by atoms with Crippen LogP contribution in [-0.4, -0.2) is 20.3 Å². The average Bonchev–Trinajstić information content (AvgIpc) is 2.86. The summed E-state index contributed by atoms with van der Waals surface area (Å²) in [5.74, 6) is 1.05. The molecule has 0 unspecified atom stereocenters. The van der Waals surface area contributed by atoms with Gasteiger partial charge in [-0.3, -0.25) is 9.78 Å². The maximum atomic E-state index is 12.2. The predicted molar refractivity (Wildman–Crippen MR) is 83.8 cm³/mol. The Hall–Kier alpha value is -1.68. The van der Waals surface area contributed by atoms with Gasteiger partial charge >= 0.3 is 0 Å². The fourth-order valence-electron chi connectivity index (χ4n) is 2.41. The summed E-state index contributed by atoms with van der Waals surface area (Å²) in [7, 11) is 0. The largest absolute Gasteiger partial charge is 0.326 e. The van der Waals surface area contributed by atoms with Crippen LogP contribution >= 0.6 is 11.6 Å². The van der Waals surface area contributed by atoms with Crippen LogP contribution in [0.4, 0.5) is 0 Å². The van der Waals surface area contributed by atoms with Gasteiger partial charge in [-0.15, -0.1) is 0 Å². The number of carbonyl (C=O) groups excluding carboxylic acids is 1. The highest BCUT2D eigenvalue weighted by Gasteiger charge is 2.13. The summed E-state index contributed by atoms with van der Waals surface area (Å²) in [4.78, 5) is 20.5. The third kappa shape index (κ3) is 3.91. The zero-order valence-corrected chi connectivity index (χ0v) is 13.2. The van der Waals surface area contributed by atoms with Crippen LogP contribution in [0, 0.1) is 6.92 Å². The molecule has 2 aromatic rings. The number of hydrogen-bond acceptors (Lipinski definition) is 3. The molecular weight excluding hydrogens is 286 g/mol. The Balaban J connectivity index is 1.83. The molecule has 0 atom stereocenters. The fraction of sp³-hybridized carbons (Fsp3) is 0.438. The van der Waals surface area contributed by atoms with Crippen LogP contribution in [0.5, 0.6) is 0 Å². The molecule has 0 aliphatic rings. The van der Waals surface area contributed by atoms with Crippen LogP contribution in [0.3, 0.4) is 0 Å². The summed E-state index contributed by atoms with van der Waals surface area (Å²) < 4.78 is 1.96. The van der Waals surface area contributed by atoms with Crippen molar-refractivity contribution in [1.29, 1.82) is 0 Å². The molecule has 0 aromatic carbocycles. The highest BCUT2D eigenvalue weighted by Crippen LogP contribution is 2.17. The number of carbonyl (C=O) groups is 1. The minimum Gasteiger partial charge on any atom is -0.326 e. The molecule has 0 saturated carbocycles. The maximum Gasteiger partial charge on any atom is 0.180 e. The summed E-state index contributed by atoms with van der Waals surface area (Å²) >= 11 is 6.09. The molecular formula is C16H20ClN3O. The first-order valence-electron chi connectivity index (χ1n) is 7.27. The number of imidazole rings is 1. The lowest BCUT2D eigenvalue weighted by Crippen LogP contribution is -2.09. The average molecular weight is 306 g/mol. The second-order valence-electron chi connectivity index (χ2n) is 5.03. The molecule has 0 saturated heterocycles. The van der Waals surface area contributed by atoms with E-state index in [0.717, 1.165) is 47.9 Å². The first kappa shape index (κ1) is 15.7. The highest BCUT2D eigenvalue weighted by molar-refractivity contribution is 6.31. The van der Waals surface area contributed by atoms with Gasteiger partial charge in [0.2, 0.25) is 0 Å². The van der Waals surface area contributed by atoms with Gasteiger partial charge in [-0.25, -0.2) is 4.98 Å².